The van der Waals surface area contributed by atoms with Crippen LogP contribution in [-0.2, 0) is 6.42 Å². The summed E-state index contributed by atoms with van der Waals surface area (Å²) in [6.45, 7) is 2.14. The lowest BCUT2D eigenvalue weighted by molar-refractivity contribution is 1.14. The van der Waals surface area contributed by atoms with Crippen LogP contribution in [0.5, 0.6) is 0 Å². The summed E-state index contributed by atoms with van der Waals surface area (Å²) in [6.07, 6.45) is 2.82. The zero-order valence-electron chi connectivity index (χ0n) is 8.77. The van der Waals surface area contributed by atoms with Gasteiger partial charge in [-0.2, -0.15) is 0 Å². The van der Waals surface area contributed by atoms with Gasteiger partial charge in [-0.15, -0.1) is 0 Å². The number of hydrogen-bond donors (Lipinski definition) is 1. The van der Waals surface area contributed by atoms with Crippen molar-refractivity contribution in [3.8, 4) is 11.3 Å². The van der Waals surface area contributed by atoms with Crippen molar-refractivity contribution >= 4 is 5.69 Å². The lowest BCUT2D eigenvalue weighted by Crippen LogP contribution is -1.92. The average molecular weight is 198 g/mol. The van der Waals surface area contributed by atoms with Crippen molar-refractivity contribution in [2.45, 2.75) is 13.3 Å². The third-order valence-electron chi connectivity index (χ3n) is 2.47. The van der Waals surface area contributed by atoms with Gasteiger partial charge in [0.2, 0.25) is 0 Å². The van der Waals surface area contributed by atoms with Crippen LogP contribution in [0.25, 0.3) is 11.3 Å². The van der Waals surface area contributed by atoms with Gasteiger partial charge in [0, 0.05) is 11.8 Å². The van der Waals surface area contributed by atoms with Gasteiger partial charge in [0.25, 0.3) is 0 Å². The molecule has 0 aliphatic rings. The SMILES string of the molecule is CCc1ccc(-c2ncccc2N)cc1. The Labute approximate surface area is 89.8 Å². The average Bonchev–Trinajstić information content (AvgIpc) is 2.30. The summed E-state index contributed by atoms with van der Waals surface area (Å²) in [5.41, 5.74) is 9.85. The molecule has 0 aliphatic heterocycles. The van der Waals surface area contributed by atoms with Crippen molar-refractivity contribution in [3.05, 3.63) is 48.2 Å². The minimum Gasteiger partial charge on any atom is -0.397 e. The molecule has 1 heterocycles. The molecule has 0 saturated carbocycles. The van der Waals surface area contributed by atoms with Gasteiger partial charge in [0.1, 0.15) is 0 Å². The standard InChI is InChI=1S/C13H14N2/c1-2-10-5-7-11(8-6-10)13-12(14)4-3-9-15-13/h3-9H,2,14H2,1H3. The van der Waals surface area contributed by atoms with Crippen LogP contribution in [0.1, 0.15) is 12.5 Å². The maximum Gasteiger partial charge on any atom is 0.0931 e. The Balaban J connectivity index is 2.42. The van der Waals surface area contributed by atoms with Crippen LogP contribution in [0.15, 0.2) is 42.6 Å². The second-order valence-electron chi connectivity index (χ2n) is 3.49. The predicted molar refractivity (Wildman–Crippen MR) is 63.5 cm³/mol. The Bertz CT molecular complexity index is 446. The molecule has 0 unspecified atom stereocenters. The lowest BCUT2D eigenvalue weighted by atomic mass is 10.1. The van der Waals surface area contributed by atoms with Gasteiger partial charge in [0.05, 0.1) is 11.4 Å². The van der Waals surface area contributed by atoms with E-state index in [1.54, 1.807) is 6.20 Å². The summed E-state index contributed by atoms with van der Waals surface area (Å²) in [7, 11) is 0. The number of hydrogen-bond acceptors (Lipinski definition) is 2. The van der Waals surface area contributed by atoms with Crippen molar-refractivity contribution in [1.29, 1.82) is 0 Å². The number of nitrogen functional groups attached to an aromatic ring is 1. The molecular weight excluding hydrogens is 184 g/mol. The van der Waals surface area contributed by atoms with E-state index >= 15 is 0 Å². The largest absolute Gasteiger partial charge is 0.397 e. The first-order chi connectivity index (χ1) is 7.31. The van der Waals surface area contributed by atoms with Crippen molar-refractivity contribution < 1.29 is 0 Å². The molecule has 2 rings (SSSR count). The highest BCUT2D eigenvalue weighted by Gasteiger charge is 2.02. The molecular formula is C13H14N2. The lowest BCUT2D eigenvalue weighted by Gasteiger charge is -2.04. The Morgan fingerprint density at radius 1 is 1.13 bits per heavy atom. The number of pyridine rings is 1. The van der Waals surface area contributed by atoms with Gasteiger partial charge in [-0.1, -0.05) is 31.2 Å². The van der Waals surface area contributed by atoms with Crippen LogP contribution < -0.4 is 5.73 Å². The molecule has 1 aromatic carbocycles. The topological polar surface area (TPSA) is 38.9 Å². The van der Waals surface area contributed by atoms with E-state index in [1.807, 2.05) is 12.1 Å². The highest BCUT2D eigenvalue weighted by molar-refractivity contribution is 5.72. The van der Waals surface area contributed by atoms with E-state index in [2.05, 4.69) is 36.2 Å². The molecule has 2 heteroatoms. The second-order valence-corrected chi connectivity index (χ2v) is 3.49. The minimum atomic E-state index is 0.724. The first-order valence-corrected chi connectivity index (χ1v) is 5.11. The molecule has 0 saturated heterocycles. The fourth-order valence-corrected chi connectivity index (χ4v) is 1.56. The van der Waals surface area contributed by atoms with Gasteiger partial charge < -0.3 is 5.73 Å². The monoisotopic (exact) mass is 198 g/mol. The van der Waals surface area contributed by atoms with Crippen LogP contribution in [0.2, 0.25) is 0 Å². The third kappa shape index (κ3) is 1.99. The maximum absolute atomic E-state index is 5.86. The summed E-state index contributed by atoms with van der Waals surface area (Å²) >= 11 is 0. The quantitative estimate of drug-likeness (QED) is 0.805. The normalized spacial score (nSPS) is 10.2. The van der Waals surface area contributed by atoms with Crippen LogP contribution in [0.4, 0.5) is 5.69 Å². The van der Waals surface area contributed by atoms with E-state index in [0.717, 1.165) is 23.4 Å². The molecule has 76 valence electrons. The Morgan fingerprint density at radius 3 is 2.47 bits per heavy atom. The zero-order valence-corrected chi connectivity index (χ0v) is 8.77. The molecule has 0 radical (unpaired) electrons. The summed E-state index contributed by atoms with van der Waals surface area (Å²) in [6, 6.07) is 12.1. The predicted octanol–water partition coefficient (Wildman–Crippen LogP) is 2.89. The molecule has 15 heavy (non-hydrogen) atoms. The highest BCUT2D eigenvalue weighted by Crippen LogP contribution is 2.22. The van der Waals surface area contributed by atoms with Crippen molar-refractivity contribution in [1.82, 2.24) is 4.98 Å². The summed E-state index contributed by atoms with van der Waals surface area (Å²) in [5, 5.41) is 0. The van der Waals surface area contributed by atoms with E-state index in [1.165, 1.54) is 5.56 Å². The van der Waals surface area contributed by atoms with E-state index in [0.29, 0.717) is 0 Å². The van der Waals surface area contributed by atoms with Crippen LogP contribution in [0, 0.1) is 0 Å². The Hall–Kier alpha value is -1.83. The van der Waals surface area contributed by atoms with Gasteiger partial charge >= 0.3 is 0 Å². The van der Waals surface area contributed by atoms with Gasteiger partial charge in [-0.3, -0.25) is 4.98 Å². The second kappa shape index (κ2) is 4.13. The fraction of sp³-hybridized carbons (Fsp3) is 0.154. The van der Waals surface area contributed by atoms with Gasteiger partial charge in [-0.25, -0.2) is 0 Å². The molecule has 2 aromatic rings. The van der Waals surface area contributed by atoms with Crippen molar-refractivity contribution in [3.63, 3.8) is 0 Å². The van der Waals surface area contributed by atoms with E-state index in [4.69, 9.17) is 5.73 Å². The molecule has 0 spiro atoms. The molecule has 0 aliphatic carbocycles. The minimum absolute atomic E-state index is 0.724. The van der Waals surface area contributed by atoms with E-state index in [9.17, 15) is 0 Å². The van der Waals surface area contributed by atoms with Crippen molar-refractivity contribution in [2.24, 2.45) is 0 Å². The number of nitrogens with two attached hydrogens (primary N) is 1. The maximum atomic E-state index is 5.86. The van der Waals surface area contributed by atoms with Gasteiger partial charge in [0.15, 0.2) is 0 Å². The number of anilines is 1. The zero-order chi connectivity index (χ0) is 10.7. The molecule has 0 fully saturated rings. The molecule has 2 nitrogen and oxygen atoms in total. The van der Waals surface area contributed by atoms with Crippen molar-refractivity contribution in [2.75, 3.05) is 5.73 Å². The first kappa shape index (κ1) is 9.71. The summed E-state index contributed by atoms with van der Waals surface area (Å²) in [4.78, 5) is 4.28. The highest BCUT2D eigenvalue weighted by atomic mass is 14.7. The van der Waals surface area contributed by atoms with Crippen LogP contribution in [-0.4, -0.2) is 4.98 Å². The number of rotatable bonds is 2. The summed E-state index contributed by atoms with van der Waals surface area (Å²) < 4.78 is 0. The summed E-state index contributed by atoms with van der Waals surface area (Å²) in [5.74, 6) is 0. The fourth-order valence-electron chi connectivity index (χ4n) is 1.56. The van der Waals surface area contributed by atoms with E-state index in [-0.39, 0.29) is 0 Å². The first-order valence-electron chi connectivity index (χ1n) is 5.11. The smallest absolute Gasteiger partial charge is 0.0931 e. The number of aromatic nitrogens is 1. The molecule has 0 atom stereocenters. The molecule has 2 N–H and O–H groups in total. The van der Waals surface area contributed by atoms with Crippen LogP contribution >= 0.6 is 0 Å². The van der Waals surface area contributed by atoms with E-state index < -0.39 is 0 Å². The van der Waals surface area contributed by atoms with Gasteiger partial charge in [-0.05, 0) is 24.1 Å². The third-order valence-corrected chi connectivity index (χ3v) is 2.47. The Morgan fingerprint density at radius 2 is 1.87 bits per heavy atom. The Kier molecular flexibility index (Phi) is 2.68. The van der Waals surface area contributed by atoms with Crippen LogP contribution in [0.3, 0.4) is 0 Å². The molecule has 0 bridgehead atoms. The molecule has 0 amide bonds. The number of benzene rings is 1. The number of aryl methyl sites for hydroxylation is 1. The number of nitrogens with zero attached hydrogens (tertiary/aromatic N) is 1. The molecule has 1 aromatic heterocycles.